The first-order valence-corrected chi connectivity index (χ1v) is 27.2. The summed E-state index contributed by atoms with van der Waals surface area (Å²) >= 11 is 3.05. The van der Waals surface area contributed by atoms with Gasteiger partial charge in [-0.05, 0) is 156 Å². The largest absolute Gasteiger partial charge is 0.396 e. The first-order chi connectivity index (χ1) is 32.9. The molecule has 3 unspecified atom stereocenters. The molecule has 5 N–H and O–H groups in total. The van der Waals surface area contributed by atoms with E-state index in [0.29, 0.717) is 58.6 Å². The number of nitrogens with zero attached hydrogens (tertiary/aromatic N) is 3. The molecule has 0 radical (unpaired) electrons. The third-order valence-electron chi connectivity index (χ3n) is 11.2. The van der Waals surface area contributed by atoms with Crippen molar-refractivity contribution in [2.45, 2.75) is 160 Å². The maximum absolute atomic E-state index is 12.6. The second-order valence-electron chi connectivity index (χ2n) is 18.2. The third-order valence-corrected chi connectivity index (χ3v) is 13.0. The van der Waals surface area contributed by atoms with Crippen molar-refractivity contribution in [3.63, 3.8) is 0 Å². The highest BCUT2D eigenvalue weighted by molar-refractivity contribution is 7.94. The molecule has 0 aliphatic carbocycles. The van der Waals surface area contributed by atoms with Gasteiger partial charge in [0.15, 0.2) is 0 Å². The summed E-state index contributed by atoms with van der Waals surface area (Å²) < 4.78 is 45.0. The fourth-order valence-corrected chi connectivity index (χ4v) is 9.00. The van der Waals surface area contributed by atoms with Gasteiger partial charge in [0, 0.05) is 87.0 Å². The third kappa shape index (κ3) is 18.0. The number of allylic oxidation sites excluding steroid dienone is 8. The molecular formula is C52H77N3O10S4. The molecule has 0 bridgehead atoms. The van der Waals surface area contributed by atoms with Crippen LogP contribution in [0.25, 0.3) is 0 Å². The number of carbonyl (C=O) groups is 3. The fourth-order valence-electron chi connectivity index (χ4n) is 7.85. The van der Waals surface area contributed by atoms with Crippen LogP contribution in [-0.4, -0.2) is 88.2 Å². The van der Waals surface area contributed by atoms with Gasteiger partial charge in [-0.3, -0.25) is 14.6 Å². The smallest absolute Gasteiger partial charge is 0.335 e. The van der Waals surface area contributed by atoms with Crippen molar-refractivity contribution in [1.29, 1.82) is 0 Å². The summed E-state index contributed by atoms with van der Waals surface area (Å²) in [5, 5.41) is 8.42. The summed E-state index contributed by atoms with van der Waals surface area (Å²) in [6.07, 6.45) is 17.1. The predicted octanol–water partition coefficient (Wildman–Crippen LogP) is 13.7. The van der Waals surface area contributed by atoms with Crippen molar-refractivity contribution in [2.75, 3.05) is 29.6 Å². The van der Waals surface area contributed by atoms with Gasteiger partial charge in [-0.15, -0.1) is 5.06 Å². The van der Waals surface area contributed by atoms with Crippen molar-refractivity contribution >= 4 is 83.0 Å². The van der Waals surface area contributed by atoms with Gasteiger partial charge >= 0.3 is 5.97 Å². The number of hydrogen-bond acceptors (Lipinski definition) is 16. The van der Waals surface area contributed by atoms with Crippen molar-refractivity contribution in [3.8, 4) is 0 Å². The molecule has 3 aliphatic rings. The number of aliphatic hydroxyl groups excluding tert-OH is 1. The number of benzene rings is 2. The van der Waals surface area contributed by atoms with E-state index in [2.05, 4.69) is 59.4 Å². The molecule has 17 heteroatoms. The van der Waals surface area contributed by atoms with Crippen molar-refractivity contribution < 1.29 is 47.3 Å². The zero-order valence-corrected chi connectivity index (χ0v) is 45.7. The Hall–Kier alpha value is -3.36. The average Bonchev–Trinajstić information content (AvgIpc) is 3.89. The van der Waals surface area contributed by atoms with Gasteiger partial charge < -0.3 is 37.8 Å². The standard InChI is InChI=1S/C43H53N3O9S4.C4H10.C3H8O.C2H6/c1-29(25-40(49)55-46-38(47)19-20-39(46)48)54-28-41(2,3)45-35-18-16-31(59-53)27-33(35)43(5,22-12-24-57-51)37(45)14-10-8-6-7-9-13-36-42(4,21-11-23-56-50)32-26-30(58-52)15-17-34(32)44-36;1-4(2)3;1-2-3-4;1-2/h6-10,13-18,26-27,29,50-53H,11-12,19-25,28H2,1-5H3;4H,1-3H3;4H,2-3H2,1H3;1-2H3/b7-6+,10-8+,13-9+,37-14+;;;. The van der Waals surface area contributed by atoms with Gasteiger partial charge in [-0.1, -0.05) is 71.9 Å². The molecule has 3 aliphatic heterocycles. The van der Waals surface area contributed by atoms with Crippen molar-refractivity contribution in [3.05, 3.63) is 95.8 Å². The number of aliphatic hydroxyl groups is 1. The number of rotatable bonds is 22. The molecule has 2 aromatic carbocycles. The summed E-state index contributed by atoms with van der Waals surface area (Å²) in [6.45, 7) is 23.1. The van der Waals surface area contributed by atoms with Crippen LogP contribution in [0.15, 0.2) is 99.4 Å². The molecular weight excluding hydrogens is 955 g/mol. The Balaban J connectivity index is 0.00000150. The van der Waals surface area contributed by atoms with Crippen LogP contribution < -0.4 is 4.90 Å². The number of fused-ring (bicyclic) bond motifs is 2. The monoisotopic (exact) mass is 1030 g/mol. The lowest BCUT2D eigenvalue weighted by Gasteiger charge is -2.41. The zero-order chi connectivity index (χ0) is 51.8. The highest BCUT2D eigenvalue weighted by Gasteiger charge is 2.48. The van der Waals surface area contributed by atoms with E-state index in [1.807, 2.05) is 93.6 Å². The molecule has 3 heterocycles. The molecule has 69 heavy (non-hydrogen) atoms. The van der Waals surface area contributed by atoms with Crippen LogP contribution in [-0.2, 0) is 34.8 Å². The summed E-state index contributed by atoms with van der Waals surface area (Å²) in [5.41, 5.74) is 4.30. The van der Waals surface area contributed by atoms with Crippen LogP contribution in [0.2, 0.25) is 0 Å². The van der Waals surface area contributed by atoms with Crippen LogP contribution in [0, 0.1) is 5.92 Å². The predicted molar refractivity (Wildman–Crippen MR) is 289 cm³/mol. The van der Waals surface area contributed by atoms with Crippen LogP contribution in [0.1, 0.15) is 139 Å². The Morgan fingerprint density at radius 2 is 1.35 bits per heavy atom. The zero-order valence-electron chi connectivity index (χ0n) is 42.4. The maximum atomic E-state index is 12.6. The number of amides is 2. The van der Waals surface area contributed by atoms with Crippen molar-refractivity contribution in [2.24, 2.45) is 10.9 Å². The van der Waals surface area contributed by atoms with Gasteiger partial charge in [0.1, 0.15) is 0 Å². The van der Waals surface area contributed by atoms with E-state index in [9.17, 15) is 32.6 Å². The van der Waals surface area contributed by atoms with Crippen LogP contribution >= 0.6 is 48.2 Å². The Morgan fingerprint density at radius 3 is 1.90 bits per heavy atom. The molecule has 2 aromatic rings. The topological polar surface area (TPSA) is 190 Å². The van der Waals surface area contributed by atoms with Gasteiger partial charge in [-0.2, -0.15) is 0 Å². The van der Waals surface area contributed by atoms with E-state index < -0.39 is 34.8 Å². The number of aliphatic imine (C=N–C) groups is 1. The molecule has 2 amide bonds. The van der Waals surface area contributed by atoms with Crippen LogP contribution in [0.5, 0.6) is 0 Å². The summed E-state index contributed by atoms with van der Waals surface area (Å²) in [6, 6.07) is 11.7. The molecule has 13 nitrogen and oxygen atoms in total. The highest BCUT2D eigenvalue weighted by Crippen LogP contribution is 2.54. The molecule has 0 saturated carbocycles. The molecule has 0 spiro atoms. The van der Waals surface area contributed by atoms with E-state index in [1.54, 1.807) is 6.92 Å². The fraction of sp³-hybridized carbons (Fsp3) is 0.538. The van der Waals surface area contributed by atoms with E-state index in [0.717, 1.165) is 94.5 Å². The molecule has 384 valence electrons. The Labute approximate surface area is 429 Å². The van der Waals surface area contributed by atoms with Crippen LogP contribution in [0.3, 0.4) is 0 Å². The molecule has 0 aromatic heterocycles. The average molecular weight is 1030 g/mol. The van der Waals surface area contributed by atoms with Crippen molar-refractivity contribution in [1.82, 2.24) is 5.06 Å². The SMILES string of the molecule is CC.CC(C)C.CC(CC(=O)ON1C(=O)CCC1=O)OCC(C)(C)N1/C(=C/C=C/C=C/C=C/C2=Nc3ccc(SO)cc3C2(C)CCCSO)C(C)(CCCSO)c2cc(SO)ccc21.CCCO. The number of imide groups is 1. The van der Waals surface area contributed by atoms with E-state index in [1.165, 1.54) is 0 Å². The van der Waals surface area contributed by atoms with E-state index in [-0.39, 0.29) is 31.3 Å². The first-order valence-electron chi connectivity index (χ1n) is 23.7. The highest BCUT2D eigenvalue weighted by atomic mass is 32.2. The van der Waals surface area contributed by atoms with Gasteiger partial charge in [0.05, 0.1) is 36.1 Å². The Bertz CT molecular complexity index is 2090. The quantitative estimate of drug-likeness (QED) is 0.0324. The number of ether oxygens (including phenoxy) is 1. The Morgan fingerprint density at radius 1 is 0.826 bits per heavy atom. The lowest BCUT2D eigenvalue weighted by molar-refractivity contribution is -0.199. The number of hydrogen-bond donors (Lipinski definition) is 5. The number of carbonyl (C=O) groups excluding carboxylic acids is 3. The molecule has 3 atom stereocenters. The van der Waals surface area contributed by atoms with Gasteiger partial charge in [0.2, 0.25) is 0 Å². The maximum Gasteiger partial charge on any atom is 0.335 e. The first kappa shape index (κ1) is 61.8. The Kier molecular flexibility index (Phi) is 27.9. The molecule has 1 fully saturated rings. The summed E-state index contributed by atoms with van der Waals surface area (Å²) in [4.78, 5) is 50.2. The minimum atomic E-state index is -0.731. The normalized spacial score (nSPS) is 19.7. The molecule has 1 saturated heterocycles. The molecule has 5 rings (SSSR count). The van der Waals surface area contributed by atoms with E-state index >= 15 is 0 Å². The van der Waals surface area contributed by atoms with Gasteiger partial charge in [-0.25, -0.2) is 4.79 Å². The second kappa shape index (κ2) is 31.2. The minimum absolute atomic E-state index is 0.0176. The lowest BCUT2D eigenvalue weighted by Crippen LogP contribution is -2.48. The lowest BCUT2D eigenvalue weighted by atomic mass is 9.76. The minimum Gasteiger partial charge on any atom is -0.396 e. The van der Waals surface area contributed by atoms with E-state index in [4.69, 9.17) is 19.7 Å². The summed E-state index contributed by atoms with van der Waals surface area (Å²) in [5.74, 6) is 0.207. The van der Waals surface area contributed by atoms with Gasteiger partial charge in [0.25, 0.3) is 11.8 Å². The number of anilines is 1. The summed E-state index contributed by atoms with van der Waals surface area (Å²) in [7, 11) is 0. The van der Waals surface area contributed by atoms with Crippen LogP contribution in [0.4, 0.5) is 11.4 Å². The second-order valence-corrected chi connectivity index (χ2v) is 20.9. The number of hydroxylamine groups is 2.